The Morgan fingerprint density at radius 3 is 2.33 bits per heavy atom. The van der Waals surface area contributed by atoms with Crippen LogP contribution in [0.5, 0.6) is 0 Å². The van der Waals surface area contributed by atoms with E-state index in [-0.39, 0.29) is 81.3 Å². The number of aliphatic hydroxyl groups is 1. The first-order valence-electron chi connectivity index (χ1n) is 29.1. The number of nitrogens with two attached hydrogens (primary N) is 1. The largest absolute Gasteiger partial charge is 0.396 e. The second kappa shape index (κ2) is 27.0. The maximum Gasteiger partial charge on any atom is 0.396 e. The van der Waals surface area contributed by atoms with E-state index in [1.807, 2.05) is 94.4 Å². The number of benzene rings is 4. The van der Waals surface area contributed by atoms with Crippen molar-refractivity contribution in [3.8, 4) is 10.4 Å². The maximum atomic E-state index is 14.6. The van der Waals surface area contributed by atoms with Crippen LogP contribution in [0.25, 0.3) is 21.3 Å². The van der Waals surface area contributed by atoms with Gasteiger partial charge in [-0.25, -0.2) is 4.98 Å². The summed E-state index contributed by atoms with van der Waals surface area (Å²) in [6, 6.07) is 21.9. The van der Waals surface area contributed by atoms with Gasteiger partial charge in [-0.15, -0.1) is 11.3 Å². The fourth-order valence-electron chi connectivity index (χ4n) is 11.6. The summed E-state index contributed by atoms with van der Waals surface area (Å²) in [6.45, 7) is 9.61. The molecule has 87 heavy (non-hydrogen) atoms. The zero-order chi connectivity index (χ0) is 62.5. The summed E-state index contributed by atoms with van der Waals surface area (Å²) >= 11 is 1.56. The Labute approximate surface area is 507 Å². The zero-order valence-electron chi connectivity index (χ0n) is 49.2. The molecule has 2 aromatic heterocycles. The van der Waals surface area contributed by atoms with Crippen LogP contribution >= 0.6 is 18.9 Å². The van der Waals surface area contributed by atoms with Crippen molar-refractivity contribution >= 4 is 82.4 Å². The maximum absolute atomic E-state index is 14.6. The Morgan fingerprint density at radius 1 is 0.885 bits per heavy atom. The molecule has 0 bridgehead atoms. The van der Waals surface area contributed by atoms with Gasteiger partial charge in [0.05, 0.1) is 46.6 Å². The normalized spacial score (nSPS) is 18.6. The molecule has 9 rings (SSSR count). The van der Waals surface area contributed by atoms with Crippen LogP contribution in [0.1, 0.15) is 127 Å². The molecule has 0 saturated carbocycles. The molecule has 1 fully saturated rings. The summed E-state index contributed by atoms with van der Waals surface area (Å²) in [6.07, 6.45) is 1.37. The number of primary amides is 1. The average molecular weight is 1230 g/mol. The summed E-state index contributed by atoms with van der Waals surface area (Å²) in [4.78, 5) is 139. The van der Waals surface area contributed by atoms with Crippen molar-refractivity contribution in [3.63, 3.8) is 0 Å². The van der Waals surface area contributed by atoms with Gasteiger partial charge in [-0.1, -0.05) is 87.5 Å². The van der Waals surface area contributed by atoms with Gasteiger partial charge in [0, 0.05) is 55.2 Å². The topological polar surface area (TPSA) is 333 Å². The van der Waals surface area contributed by atoms with Crippen LogP contribution < -0.4 is 31.9 Å². The first-order valence-corrected chi connectivity index (χ1v) is 31.6. The Kier molecular flexibility index (Phi) is 19.7. The van der Waals surface area contributed by atoms with Crippen LogP contribution in [0.3, 0.4) is 0 Å². The van der Waals surface area contributed by atoms with E-state index in [0.717, 1.165) is 44.0 Å². The van der Waals surface area contributed by atoms with E-state index in [1.165, 1.54) is 34.1 Å². The number of likely N-dealkylation sites (tertiary alicyclic amines) is 1. The number of amides is 7. The van der Waals surface area contributed by atoms with Crippen LogP contribution in [0.15, 0.2) is 96.5 Å². The van der Waals surface area contributed by atoms with Crippen molar-refractivity contribution < 1.29 is 62.6 Å². The molecule has 24 heteroatoms. The molecule has 5 heterocycles. The molecular formula is C63H74N9O13PS. The number of hydrogen-bond acceptors (Lipinski definition) is 13. The van der Waals surface area contributed by atoms with Crippen molar-refractivity contribution in [2.75, 3.05) is 11.4 Å². The molecule has 22 nitrogen and oxygen atoms in total. The van der Waals surface area contributed by atoms with Gasteiger partial charge < -0.3 is 56.5 Å². The molecular weight excluding hydrogens is 1150 g/mol. The third-order valence-electron chi connectivity index (χ3n) is 16.3. The number of β-amino-alcohol motifs (C(OH)–C–C–N with tert-alkyl or cyclic N) is 1. The van der Waals surface area contributed by atoms with Crippen molar-refractivity contribution in [1.29, 1.82) is 0 Å². The lowest BCUT2D eigenvalue weighted by molar-refractivity contribution is -0.144. The number of aliphatic hydroxyl groups excluding tert-OH is 1. The third-order valence-corrected chi connectivity index (χ3v) is 18.1. The van der Waals surface area contributed by atoms with E-state index in [2.05, 4.69) is 31.2 Å². The first-order chi connectivity index (χ1) is 41.3. The van der Waals surface area contributed by atoms with E-state index in [9.17, 15) is 57.8 Å². The predicted molar refractivity (Wildman–Crippen MR) is 326 cm³/mol. The summed E-state index contributed by atoms with van der Waals surface area (Å²) in [5.74, 6) is -3.36. The number of para-hydroxylation sites is 1. The number of aromatic amines is 1. The van der Waals surface area contributed by atoms with Gasteiger partial charge in [-0.2, -0.15) is 0 Å². The number of thiazole rings is 1. The highest BCUT2D eigenvalue weighted by Gasteiger charge is 2.46. The van der Waals surface area contributed by atoms with Crippen molar-refractivity contribution in [3.05, 3.63) is 141 Å². The SMILES string of the molecule is Cc1ncsc1-c1ccc(CNC(=O)[C@@H]2C[C@@H](O)CN2C(=O)[C@@H](NC(=O)CCCCc2cccc(CO[C@H](C)[C@H](CCC(N)=O)NC(=O)[C@@H]3Cc4cccc5c4N3C(=O)C(NC(=O)c3cc4cc(C(=O)P(=O)(O)O)ccc4[nH]3)CC5)c2)C(C)(C)C)cc1. The Hall–Kier alpha value is -7.92. The number of anilines is 1. The number of hydrogen-bond donors (Lipinski definition) is 9. The minimum Gasteiger partial charge on any atom is -0.391 e. The molecule has 1 unspecified atom stereocenters. The number of aromatic nitrogens is 2. The minimum absolute atomic E-state index is 0.0345. The van der Waals surface area contributed by atoms with Crippen LogP contribution in [0.4, 0.5) is 5.69 Å². The molecule has 3 aliphatic rings. The molecule has 0 aliphatic carbocycles. The monoisotopic (exact) mass is 1230 g/mol. The van der Waals surface area contributed by atoms with Gasteiger partial charge >= 0.3 is 7.60 Å². The molecule has 460 valence electrons. The molecule has 6 aromatic rings. The number of nitrogens with zero attached hydrogens (tertiary/aromatic N) is 3. The van der Waals surface area contributed by atoms with Gasteiger partial charge in [-0.05, 0) is 115 Å². The van der Waals surface area contributed by atoms with Gasteiger partial charge in [0.2, 0.25) is 35.4 Å². The van der Waals surface area contributed by atoms with Gasteiger partial charge in [-0.3, -0.25) is 47.8 Å². The summed E-state index contributed by atoms with van der Waals surface area (Å²) < 4.78 is 18.0. The number of nitrogens with one attached hydrogen (secondary N) is 5. The highest BCUT2D eigenvalue weighted by molar-refractivity contribution is 7.70. The standard InChI is InChI=1S/C63H74N9O13PS/c1-35-55(87-34-66-35)41-18-16-38(17-19-41)31-65-58(77)50-30-45(73)32-71(50)61(80)56(63(3,4)5)70-53(75)15-7-6-10-37-11-8-12-39(26-37)33-85-36(2)46(24-25-52(64)74)68-59(78)51-29-42-14-9-13-40-20-23-48(60(79)72(51)54(40)42)69-57(76)49-28-44-27-43(21-22-47(44)67-49)62(81)86(82,83)84/h8-9,11-14,16-19,21-22,26-28,34,36,45-46,48,50-51,56,67,73H,6-7,10,15,20,23-25,29-33H2,1-5H3,(H2,64,74)(H,65,77)(H,68,78)(H,69,76)(H,70,75)(H2,82,83,84)/t36-,45-,46+,48?,50+,51+,56-/m1/s1. The number of carbonyl (C=O) groups is 8. The molecule has 3 aliphatic heterocycles. The number of ether oxygens (including phenoxy) is 1. The highest BCUT2D eigenvalue weighted by atomic mass is 32.1. The molecule has 4 aromatic carbocycles. The second-order valence-electron chi connectivity index (χ2n) is 23.9. The first kappa shape index (κ1) is 63.6. The Balaban J connectivity index is 0.765. The van der Waals surface area contributed by atoms with Crippen molar-refractivity contribution in [1.82, 2.24) is 36.1 Å². The molecule has 7 amide bonds. The Bertz CT molecular complexity index is 3650. The van der Waals surface area contributed by atoms with E-state index in [4.69, 9.17) is 10.5 Å². The fraction of sp³-hybridized carbons (Fsp3) is 0.413. The van der Waals surface area contributed by atoms with Crippen molar-refractivity contribution in [2.45, 2.75) is 154 Å². The number of H-pyrrole nitrogens is 1. The van der Waals surface area contributed by atoms with Gasteiger partial charge in [0.15, 0.2) is 0 Å². The molecule has 10 N–H and O–H groups in total. The average Bonchev–Trinajstić information content (AvgIpc) is 1.73. The summed E-state index contributed by atoms with van der Waals surface area (Å²) in [5.41, 5.74) is 12.4. The van der Waals surface area contributed by atoms with Crippen LogP contribution in [-0.2, 0) is 70.5 Å². The molecule has 7 atom stereocenters. The predicted octanol–water partition coefficient (Wildman–Crippen LogP) is 5.80. The lowest BCUT2D eigenvalue weighted by Gasteiger charge is -2.35. The lowest BCUT2D eigenvalue weighted by atomic mass is 9.85. The van der Waals surface area contributed by atoms with Crippen LogP contribution in [0, 0.1) is 12.3 Å². The van der Waals surface area contributed by atoms with Crippen molar-refractivity contribution in [2.24, 2.45) is 11.1 Å². The van der Waals surface area contributed by atoms with E-state index in [0.29, 0.717) is 42.3 Å². The number of carbonyl (C=O) groups excluding carboxylic acids is 8. The fourth-order valence-corrected chi connectivity index (χ4v) is 12.9. The highest BCUT2D eigenvalue weighted by Crippen LogP contribution is 2.41. The minimum atomic E-state index is -5.06. The third kappa shape index (κ3) is 15.3. The second-order valence-corrected chi connectivity index (χ2v) is 26.2. The quantitative estimate of drug-likeness (QED) is 0.0256. The van der Waals surface area contributed by atoms with Gasteiger partial charge in [0.1, 0.15) is 29.9 Å². The zero-order valence-corrected chi connectivity index (χ0v) is 50.9. The number of fused-ring (bicyclic) bond motifs is 1. The van der Waals surface area contributed by atoms with E-state index < -0.39 is 90.5 Å². The smallest absolute Gasteiger partial charge is 0.391 e. The lowest BCUT2D eigenvalue weighted by Crippen LogP contribution is -2.57. The molecule has 0 radical (unpaired) electrons. The molecule has 1 saturated heterocycles. The number of aryl methyl sites for hydroxylation is 3. The van der Waals surface area contributed by atoms with Gasteiger partial charge in [0.25, 0.3) is 11.4 Å². The van der Waals surface area contributed by atoms with E-state index in [1.54, 1.807) is 23.8 Å². The van der Waals surface area contributed by atoms with Crippen LogP contribution in [0.2, 0.25) is 0 Å². The number of unbranched alkanes of at least 4 members (excludes halogenated alkanes) is 1. The Morgan fingerprint density at radius 2 is 1.62 bits per heavy atom. The summed E-state index contributed by atoms with van der Waals surface area (Å²) in [5, 5.41) is 22.8. The number of rotatable bonds is 24. The van der Waals surface area contributed by atoms with Crippen LogP contribution in [-0.4, -0.2) is 126 Å². The van der Waals surface area contributed by atoms with E-state index >= 15 is 0 Å². The summed E-state index contributed by atoms with van der Waals surface area (Å²) in [7, 11) is -5.06. The molecule has 0 spiro atoms.